The first-order valence-electron chi connectivity index (χ1n) is 11.6. The predicted molar refractivity (Wildman–Crippen MR) is 120 cm³/mol. The molecule has 1 aromatic rings. The number of aryl methyl sites for hydroxylation is 1. The first-order chi connectivity index (χ1) is 13.7. The molecule has 162 valence electrons. The molecule has 0 radical (unpaired) electrons. The van der Waals surface area contributed by atoms with Crippen molar-refractivity contribution in [3.05, 3.63) is 29.3 Å². The Bertz CT molecular complexity index is 491. The van der Waals surface area contributed by atoms with Crippen LogP contribution in [0.1, 0.15) is 115 Å². The van der Waals surface area contributed by atoms with E-state index in [2.05, 4.69) is 19.9 Å². The summed E-state index contributed by atoms with van der Waals surface area (Å²) in [6.45, 7) is 4.50. The fourth-order valence-corrected chi connectivity index (χ4v) is 4.17. The Morgan fingerprint density at radius 3 is 1.79 bits per heavy atom. The van der Waals surface area contributed by atoms with Crippen LogP contribution in [0, 0.1) is 0 Å². The standard InChI is InChI=1S/C24H42O3P/c1-3-5-7-9-11-13-15-18-22-19-17-21-24(27-28(25)26)23(22)20-16-14-12-10-8-6-4-2/h17,19,21,25H,3-16,18,20H2,1-2H3/q-1. The normalized spacial score (nSPS) is 12.3. The molecular weight excluding hydrogens is 367 g/mol. The van der Waals surface area contributed by atoms with Crippen molar-refractivity contribution in [2.75, 3.05) is 0 Å². The molecule has 3 nitrogen and oxygen atoms in total. The van der Waals surface area contributed by atoms with E-state index >= 15 is 0 Å². The second kappa shape index (κ2) is 17.2. The smallest absolute Gasteiger partial charge is 0.144 e. The maximum Gasteiger partial charge on any atom is 0.144 e. The quantitative estimate of drug-likeness (QED) is 0.205. The molecule has 0 spiro atoms. The topological polar surface area (TPSA) is 52.5 Å². The van der Waals surface area contributed by atoms with Crippen molar-refractivity contribution in [1.29, 1.82) is 0 Å². The van der Waals surface area contributed by atoms with Gasteiger partial charge in [-0.05, 0) is 42.9 Å². The van der Waals surface area contributed by atoms with Gasteiger partial charge < -0.3 is 14.3 Å². The lowest BCUT2D eigenvalue weighted by atomic mass is 9.95. The van der Waals surface area contributed by atoms with Gasteiger partial charge in [-0.1, -0.05) is 103 Å². The Morgan fingerprint density at radius 1 is 0.750 bits per heavy atom. The van der Waals surface area contributed by atoms with E-state index in [1.165, 1.54) is 89.0 Å². The molecule has 0 aliphatic heterocycles. The van der Waals surface area contributed by atoms with Gasteiger partial charge in [0.15, 0.2) is 0 Å². The summed E-state index contributed by atoms with van der Waals surface area (Å²) in [4.78, 5) is 20.4. The Labute approximate surface area is 174 Å². The highest BCUT2D eigenvalue weighted by Gasteiger charge is 2.10. The zero-order valence-electron chi connectivity index (χ0n) is 18.3. The number of hydrogen-bond acceptors (Lipinski definition) is 3. The predicted octanol–water partition coefficient (Wildman–Crippen LogP) is 7.23. The first-order valence-corrected chi connectivity index (χ1v) is 12.8. The third-order valence-electron chi connectivity index (χ3n) is 5.49. The van der Waals surface area contributed by atoms with Crippen LogP contribution in [0.3, 0.4) is 0 Å². The average Bonchev–Trinajstić information content (AvgIpc) is 2.67. The van der Waals surface area contributed by atoms with Crippen molar-refractivity contribution >= 4 is 8.60 Å². The van der Waals surface area contributed by atoms with Gasteiger partial charge in [0.05, 0.1) is 0 Å². The third-order valence-corrected chi connectivity index (χ3v) is 5.84. The lowest BCUT2D eigenvalue weighted by Crippen LogP contribution is -2.04. The summed E-state index contributed by atoms with van der Waals surface area (Å²) in [5.74, 6) is 0.607. The van der Waals surface area contributed by atoms with Crippen LogP contribution in [0.25, 0.3) is 0 Å². The number of unbranched alkanes of at least 4 members (excludes halogenated alkanes) is 12. The second-order valence-electron chi connectivity index (χ2n) is 7.97. The molecule has 4 heteroatoms. The number of hydrogen-bond donors (Lipinski definition) is 1. The molecule has 0 fully saturated rings. The van der Waals surface area contributed by atoms with Crippen molar-refractivity contribution in [2.45, 2.75) is 117 Å². The molecule has 0 aliphatic rings. The molecule has 1 unspecified atom stereocenters. The van der Waals surface area contributed by atoms with Crippen molar-refractivity contribution in [3.8, 4) is 5.75 Å². The van der Waals surface area contributed by atoms with Gasteiger partial charge in [0.1, 0.15) is 14.4 Å². The summed E-state index contributed by atoms with van der Waals surface area (Å²) in [5.41, 5.74) is 2.45. The van der Waals surface area contributed by atoms with Crippen LogP contribution in [0.4, 0.5) is 0 Å². The maximum absolute atomic E-state index is 11.2. The molecule has 0 heterocycles. The lowest BCUT2D eigenvalue weighted by molar-refractivity contribution is -0.191. The monoisotopic (exact) mass is 409 g/mol. The zero-order chi connectivity index (χ0) is 20.5. The summed E-state index contributed by atoms with van der Waals surface area (Å²) in [7, 11) is -2.61. The van der Waals surface area contributed by atoms with E-state index in [1.54, 1.807) is 0 Å². The first kappa shape index (κ1) is 25.4. The fraction of sp³-hybridized carbons (Fsp3) is 0.750. The summed E-state index contributed by atoms with van der Waals surface area (Å²) in [6, 6.07) is 5.97. The van der Waals surface area contributed by atoms with Crippen LogP contribution in [0.5, 0.6) is 5.75 Å². The van der Waals surface area contributed by atoms with E-state index in [4.69, 9.17) is 4.52 Å². The van der Waals surface area contributed by atoms with Gasteiger partial charge >= 0.3 is 0 Å². The summed E-state index contributed by atoms with van der Waals surface area (Å²) in [6.07, 6.45) is 20.0. The van der Waals surface area contributed by atoms with Gasteiger partial charge in [0.2, 0.25) is 0 Å². The molecular formula is C24H42O3P-. The van der Waals surface area contributed by atoms with Gasteiger partial charge in [-0.3, -0.25) is 0 Å². The third kappa shape index (κ3) is 12.0. The van der Waals surface area contributed by atoms with Gasteiger partial charge in [0, 0.05) is 0 Å². The Hall–Kier alpha value is -0.630. The van der Waals surface area contributed by atoms with Gasteiger partial charge in [0.25, 0.3) is 0 Å². The average molecular weight is 410 g/mol. The minimum absolute atomic E-state index is 0.607. The van der Waals surface area contributed by atoms with Crippen LogP contribution in [0.15, 0.2) is 18.2 Å². The number of rotatable bonds is 18. The largest absolute Gasteiger partial charge is 0.776 e. The van der Waals surface area contributed by atoms with Gasteiger partial charge in [-0.25, -0.2) is 0 Å². The minimum Gasteiger partial charge on any atom is -0.776 e. The molecule has 0 saturated heterocycles. The molecule has 1 N–H and O–H groups in total. The highest BCUT2D eigenvalue weighted by Crippen LogP contribution is 2.33. The van der Waals surface area contributed by atoms with Gasteiger partial charge in [-0.15, -0.1) is 0 Å². The molecule has 28 heavy (non-hydrogen) atoms. The summed E-state index contributed by atoms with van der Waals surface area (Å²) < 4.78 is 5.23. The maximum atomic E-state index is 11.2. The van der Waals surface area contributed by atoms with Crippen LogP contribution in [-0.2, 0) is 12.8 Å². The van der Waals surface area contributed by atoms with E-state index in [-0.39, 0.29) is 0 Å². The van der Waals surface area contributed by atoms with E-state index in [0.29, 0.717) is 5.75 Å². The number of benzene rings is 1. The van der Waals surface area contributed by atoms with Crippen molar-refractivity contribution in [3.63, 3.8) is 0 Å². The van der Waals surface area contributed by atoms with Crippen molar-refractivity contribution in [1.82, 2.24) is 0 Å². The molecule has 0 amide bonds. The molecule has 1 rings (SSSR count). The van der Waals surface area contributed by atoms with E-state index in [0.717, 1.165) is 24.8 Å². The zero-order valence-corrected chi connectivity index (χ0v) is 19.2. The van der Waals surface area contributed by atoms with Crippen LogP contribution in [0.2, 0.25) is 0 Å². The van der Waals surface area contributed by atoms with Crippen LogP contribution >= 0.6 is 8.60 Å². The molecule has 1 aromatic carbocycles. The highest BCUT2D eigenvalue weighted by molar-refractivity contribution is 7.38. The van der Waals surface area contributed by atoms with Gasteiger partial charge in [-0.2, -0.15) is 0 Å². The Kier molecular flexibility index (Phi) is 15.6. The van der Waals surface area contributed by atoms with E-state index in [9.17, 15) is 9.79 Å². The fourth-order valence-electron chi connectivity index (χ4n) is 3.83. The van der Waals surface area contributed by atoms with Crippen molar-refractivity contribution < 1.29 is 14.3 Å². The molecule has 0 aliphatic carbocycles. The Morgan fingerprint density at radius 2 is 1.25 bits per heavy atom. The van der Waals surface area contributed by atoms with Crippen LogP contribution < -0.4 is 9.42 Å². The minimum atomic E-state index is -2.61. The van der Waals surface area contributed by atoms with E-state index in [1.807, 2.05) is 12.1 Å². The lowest BCUT2D eigenvalue weighted by Gasteiger charge is -2.20. The van der Waals surface area contributed by atoms with Crippen molar-refractivity contribution in [2.24, 2.45) is 0 Å². The second-order valence-corrected chi connectivity index (χ2v) is 8.62. The van der Waals surface area contributed by atoms with E-state index < -0.39 is 8.60 Å². The SMILES string of the molecule is CCCCCCCCCc1cccc(OP([O-])O)c1CCCCCCCCC. The van der Waals surface area contributed by atoms with Crippen LogP contribution in [-0.4, -0.2) is 4.89 Å². The molecule has 0 saturated carbocycles. The summed E-state index contributed by atoms with van der Waals surface area (Å²) >= 11 is 0. The molecule has 0 aromatic heterocycles. The Balaban J connectivity index is 2.49. The molecule has 1 atom stereocenters. The highest BCUT2D eigenvalue weighted by atomic mass is 31.2. The summed E-state index contributed by atoms with van der Waals surface area (Å²) in [5, 5.41) is 0. The molecule has 0 bridgehead atoms.